The van der Waals surface area contributed by atoms with E-state index >= 15 is 0 Å². The van der Waals surface area contributed by atoms with Gasteiger partial charge in [-0.3, -0.25) is 0 Å². The molecule has 0 aliphatic rings. The molecule has 0 amide bonds. The van der Waals surface area contributed by atoms with Crippen LogP contribution < -0.4 is 9.47 Å². The lowest BCUT2D eigenvalue weighted by atomic mass is 10.3. The summed E-state index contributed by atoms with van der Waals surface area (Å²) in [6.07, 6.45) is 0. The van der Waals surface area contributed by atoms with Crippen LogP contribution in [0.5, 0.6) is 11.5 Å². The predicted octanol–water partition coefficient (Wildman–Crippen LogP) is 1.50. The minimum absolute atomic E-state index is 0.0176. The highest BCUT2D eigenvalue weighted by Gasteiger charge is 2.22. The van der Waals surface area contributed by atoms with Crippen molar-refractivity contribution >= 4 is 9.84 Å². The molecule has 0 saturated carbocycles. The highest BCUT2D eigenvalue weighted by atomic mass is 32.2. The fraction of sp³-hybridized carbons (Fsp3) is 0.400. The topological polar surface area (TPSA) is 52.6 Å². The Kier molecular flexibility index (Phi) is 3.57. The minimum atomic E-state index is -3.33. The maximum absolute atomic E-state index is 11.8. The van der Waals surface area contributed by atoms with Gasteiger partial charge in [0.1, 0.15) is 11.5 Å². The lowest BCUT2D eigenvalue weighted by molar-refractivity contribution is 0.373. The highest BCUT2D eigenvalue weighted by molar-refractivity contribution is 7.91. The summed E-state index contributed by atoms with van der Waals surface area (Å²) in [7, 11) is -0.466. The number of hydrogen-bond donors (Lipinski definition) is 0. The zero-order valence-corrected chi connectivity index (χ0v) is 9.80. The minimum Gasteiger partial charge on any atom is -0.495 e. The lowest BCUT2D eigenvalue weighted by Gasteiger charge is -2.11. The van der Waals surface area contributed by atoms with Crippen LogP contribution in [0.3, 0.4) is 0 Å². The highest BCUT2D eigenvalue weighted by Crippen LogP contribution is 2.33. The van der Waals surface area contributed by atoms with Crippen molar-refractivity contribution < 1.29 is 17.9 Å². The van der Waals surface area contributed by atoms with Gasteiger partial charge in [0.2, 0.25) is 0 Å². The van der Waals surface area contributed by atoms with Crippen molar-refractivity contribution in [3.05, 3.63) is 18.2 Å². The van der Waals surface area contributed by atoms with E-state index in [-0.39, 0.29) is 10.6 Å². The van der Waals surface area contributed by atoms with Crippen molar-refractivity contribution in [3.8, 4) is 11.5 Å². The van der Waals surface area contributed by atoms with Crippen LogP contribution in [0, 0.1) is 0 Å². The molecule has 0 N–H and O–H groups in total. The van der Waals surface area contributed by atoms with Gasteiger partial charge in [-0.05, 0) is 12.1 Å². The van der Waals surface area contributed by atoms with Crippen LogP contribution in [0.15, 0.2) is 23.1 Å². The molecule has 0 aliphatic carbocycles. The molecule has 1 aromatic rings. The molecule has 0 aromatic heterocycles. The molecule has 1 aromatic carbocycles. The first-order valence-electron chi connectivity index (χ1n) is 4.50. The second-order valence-electron chi connectivity index (χ2n) is 2.90. The SMILES string of the molecule is CCS(=O)(=O)c1c(OC)cccc1OC. The van der Waals surface area contributed by atoms with E-state index in [0.717, 1.165) is 0 Å². The van der Waals surface area contributed by atoms with Gasteiger partial charge in [0, 0.05) is 0 Å². The van der Waals surface area contributed by atoms with Gasteiger partial charge in [0.15, 0.2) is 14.7 Å². The van der Waals surface area contributed by atoms with Crippen molar-refractivity contribution in [1.29, 1.82) is 0 Å². The van der Waals surface area contributed by atoms with Gasteiger partial charge in [0.05, 0.1) is 20.0 Å². The number of benzene rings is 1. The summed E-state index contributed by atoms with van der Waals surface area (Å²) in [4.78, 5) is 0.123. The van der Waals surface area contributed by atoms with Crippen LogP contribution in [0.2, 0.25) is 0 Å². The third-order valence-electron chi connectivity index (χ3n) is 2.07. The Bertz CT molecular complexity index is 414. The van der Waals surface area contributed by atoms with E-state index in [2.05, 4.69) is 0 Å². The van der Waals surface area contributed by atoms with Gasteiger partial charge in [0.25, 0.3) is 0 Å². The summed E-state index contributed by atoms with van der Waals surface area (Å²) >= 11 is 0. The van der Waals surface area contributed by atoms with E-state index in [9.17, 15) is 8.42 Å². The molecule has 0 bridgehead atoms. The van der Waals surface area contributed by atoms with Crippen molar-refractivity contribution in [3.63, 3.8) is 0 Å². The molecule has 1 rings (SSSR count). The molecule has 15 heavy (non-hydrogen) atoms. The molecular weight excluding hydrogens is 216 g/mol. The average Bonchev–Trinajstić information content (AvgIpc) is 2.27. The number of sulfone groups is 1. The Balaban J connectivity index is 3.49. The largest absolute Gasteiger partial charge is 0.495 e. The Morgan fingerprint density at radius 3 is 1.93 bits per heavy atom. The fourth-order valence-corrected chi connectivity index (χ4v) is 2.47. The Morgan fingerprint density at radius 1 is 1.13 bits per heavy atom. The zero-order chi connectivity index (χ0) is 11.5. The molecule has 0 atom stereocenters. The number of methoxy groups -OCH3 is 2. The smallest absolute Gasteiger partial charge is 0.185 e. The number of rotatable bonds is 4. The summed E-state index contributed by atoms with van der Waals surface area (Å²) in [5.74, 6) is 0.649. The quantitative estimate of drug-likeness (QED) is 0.786. The van der Waals surface area contributed by atoms with Crippen molar-refractivity contribution in [1.82, 2.24) is 0 Å². The van der Waals surface area contributed by atoms with Crippen LogP contribution in [0.25, 0.3) is 0 Å². The summed E-state index contributed by atoms with van der Waals surface area (Å²) in [6.45, 7) is 1.58. The third-order valence-corrected chi connectivity index (χ3v) is 3.86. The van der Waals surface area contributed by atoms with E-state index in [1.807, 2.05) is 0 Å². The Labute approximate surface area is 89.7 Å². The monoisotopic (exact) mass is 230 g/mol. The van der Waals surface area contributed by atoms with Crippen LogP contribution in [0.4, 0.5) is 0 Å². The second-order valence-corrected chi connectivity index (χ2v) is 5.11. The molecule has 0 radical (unpaired) electrons. The Hall–Kier alpha value is -1.23. The van der Waals surface area contributed by atoms with Gasteiger partial charge < -0.3 is 9.47 Å². The summed E-state index contributed by atoms with van der Waals surface area (Å²) in [5.41, 5.74) is 0. The molecular formula is C10H14O4S. The molecule has 4 nitrogen and oxygen atoms in total. The van der Waals surface area contributed by atoms with Crippen LogP contribution in [0.1, 0.15) is 6.92 Å². The van der Waals surface area contributed by atoms with Crippen molar-refractivity contribution in [2.45, 2.75) is 11.8 Å². The van der Waals surface area contributed by atoms with Crippen LogP contribution in [-0.2, 0) is 9.84 Å². The molecule has 0 saturated heterocycles. The molecule has 0 fully saturated rings. The van der Waals surface area contributed by atoms with Gasteiger partial charge >= 0.3 is 0 Å². The number of hydrogen-bond acceptors (Lipinski definition) is 4. The maximum Gasteiger partial charge on any atom is 0.185 e. The maximum atomic E-state index is 11.8. The van der Waals surface area contributed by atoms with Gasteiger partial charge in [-0.15, -0.1) is 0 Å². The van der Waals surface area contributed by atoms with E-state index in [0.29, 0.717) is 11.5 Å². The second kappa shape index (κ2) is 4.53. The first-order valence-corrected chi connectivity index (χ1v) is 6.15. The van der Waals surface area contributed by atoms with Crippen molar-refractivity contribution in [2.75, 3.05) is 20.0 Å². The summed E-state index contributed by atoms with van der Waals surface area (Å²) in [6, 6.07) is 4.89. The van der Waals surface area contributed by atoms with E-state index in [1.165, 1.54) is 14.2 Å². The van der Waals surface area contributed by atoms with Gasteiger partial charge in [-0.25, -0.2) is 8.42 Å². The van der Waals surface area contributed by atoms with Gasteiger partial charge in [-0.2, -0.15) is 0 Å². The lowest BCUT2D eigenvalue weighted by Crippen LogP contribution is -2.07. The molecule has 0 unspecified atom stereocenters. The van der Waals surface area contributed by atoms with Gasteiger partial charge in [-0.1, -0.05) is 13.0 Å². The van der Waals surface area contributed by atoms with Crippen molar-refractivity contribution in [2.24, 2.45) is 0 Å². The van der Waals surface area contributed by atoms with E-state index in [4.69, 9.17) is 9.47 Å². The zero-order valence-electron chi connectivity index (χ0n) is 8.98. The van der Waals surface area contributed by atoms with E-state index < -0.39 is 9.84 Å². The molecule has 5 heteroatoms. The van der Waals surface area contributed by atoms with Crippen LogP contribution in [-0.4, -0.2) is 28.4 Å². The molecule has 0 heterocycles. The standard InChI is InChI=1S/C10H14O4S/c1-4-15(11,12)10-8(13-2)6-5-7-9(10)14-3/h5-7H,4H2,1-3H3. The third kappa shape index (κ3) is 2.23. The average molecular weight is 230 g/mol. The van der Waals surface area contributed by atoms with Crippen LogP contribution >= 0.6 is 0 Å². The normalized spacial score (nSPS) is 11.1. The Morgan fingerprint density at radius 2 is 1.60 bits per heavy atom. The summed E-state index contributed by atoms with van der Waals surface area (Å²) < 4.78 is 33.6. The first-order chi connectivity index (χ1) is 7.06. The first kappa shape index (κ1) is 11.8. The molecule has 0 aliphatic heterocycles. The van der Waals surface area contributed by atoms with E-state index in [1.54, 1.807) is 25.1 Å². The number of ether oxygens (including phenoxy) is 2. The summed E-state index contributed by atoms with van der Waals surface area (Å²) in [5, 5.41) is 0. The molecule has 0 spiro atoms. The predicted molar refractivity (Wildman–Crippen MR) is 57.3 cm³/mol. The fourth-order valence-electron chi connectivity index (χ4n) is 1.27. The molecule has 84 valence electrons.